The number of benzene rings is 3. The number of non-ortho nitro benzene ring substituents is 1. The zero-order valence-electron chi connectivity index (χ0n) is 20.8. The van der Waals surface area contributed by atoms with Crippen LogP contribution in [0.25, 0.3) is 0 Å². The minimum Gasteiger partial charge on any atom is -0.463 e. The van der Waals surface area contributed by atoms with Gasteiger partial charge in [-0.05, 0) is 55.7 Å². The van der Waals surface area contributed by atoms with Crippen LogP contribution in [-0.2, 0) is 19.6 Å². The minimum absolute atomic E-state index is 0.0405. The van der Waals surface area contributed by atoms with Gasteiger partial charge in [0, 0.05) is 12.1 Å². The van der Waals surface area contributed by atoms with E-state index in [4.69, 9.17) is 4.74 Å². The van der Waals surface area contributed by atoms with Crippen LogP contribution in [0.5, 0.6) is 0 Å². The molecule has 0 unspecified atom stereocenters. The second-order valence-corrected chi connectivity index (χ2v) is 10.6. The van der Waals surface area contributed by atoms with Gasteiger partial charge in [-0.25, -0.2) is 13.2 Å². The number of esters is 1. The lowest BCUT2D eigenvalue weighted by atomic mass is 9.89. The summed E-state index contributed by atoms with van der Waals surface area (Å²) in [6.45, 7) is 3.61. The topological polar surface area (TPSA) is 131 Å². The highest BCUT2D eigenvalue weighted by Crippen LogP contribution is 2.46. The van der Waals surface area contributed by atoms with Crippen molar-refractivity contribution < 1.29 is 22.9 Å². The number of rotatable bonds is 7. The summed E-state index contributed by atoms with van der Waals surface area (Å²) in [4.78, 5) is 23.8. The summed E-state index contributed by atoms with van der Waals surface area (Å²) in [6, 6.07) is 18.7. The molecule has 0 bridgehead atoms. The first-order chi connectivity index (χ1) is 18.2. The predicted molar refractivity (Wildman–Crippen MR) is 139 cm³/mol. The van der Waals surface area contributed by atoms with Gasteiger partial charge < -0.3 is 4.74 Å². The zero-order valence-corrected chi connectivity index (χ0v) is 21.6. The lowest BCUT2D eigenvalue weighted by Gasteiger charge is -2.41. The van der Waals surface area contributed by atoms with Crippen molar-refractivity contribution in [3.05, 3.63) is 117 Å². The fourth-order valence-electron chi connectivity index (χ4n) is 4.49. The number of carbonyl (C=O) groups excluding carboxylic acids is 1. The Morgan fingerprint density at radius 1 is 1.05 bits per heavy atom. The third kappa shape index (κ3) is 5.20. The van der Waals surface area contributed by atoms with E-state index in [-0.39, 0.29) is 29.2 Å². The van der Waals surface area contributed by atoms with Crippen molar-refractivity contribution in [1.29, 1.82) is 5.26 Å². The Morgan fingerprint density at radius 2 is 1.66 bits per heavy atom. The molecule has 194 valence electrons. The van der Waals surface area contributed by atoms with E-state index in [2.05, 4.69) is 0 Å². The van der Waals surface area contributed by atoms with Gasteiger partial charge in [-0.3, -0.25) is 10.1 Å². The monoisotopic (exact) mass is 531 g/mol. The molecule has 3 aromatic rings. The highest BCUT2D eigenvalue weighted by molar-refractivity contribution is 7.89. The maximum Gasteiger partial charge on any atom is 0.335 e. The molecule has 9 nitrogen and oxygen atoms in total. The van der Waals surface area contributed by atoms with Gasteiger partial charge in [0.1, 0.15) is 0 Å². The molecule has 0 aromatic heterocycles. The summed E-state index contributed by atoms with van der Waals surface area (Å²) in [7, 11) is -4.21. The maximum atomic E-state index is 14.3. The van der Waals surface area contributed by atoms with Crippen molar-refractivity contribution in [3.63, 3.8) is 0 Å². The van der Waals surface area contributed by atoms with Crippen LogP contribution in [0.1, 0.15) is 47.7 Å². The number of aryl methyl sites for hydroxylation is 1. The third-order valence-corrected chi connectivity index (χ3v) is 8.26. The summed E-state index contributed by atoms with van der Waals surface area (Å²) < 4.78 is 35.1. The fraction of sp³-hybridized carbons (Fsp3) is 0.214. The molecule has 38 heavy (non-hydrogen) atoms. The van der Waals surface area contributed by atoms with Gasteiger partial charge in [-0.2, -0.15) is 9.57 Å². The molecule has 0 fully saturated rings. The number of hydrogen-bond donors (Lipinski definition) is 0. The molecule has 1 aliphatic rings. The van der Waals surface area contributed by atoms with Crippen molar-refractivity contribution >= 4 is 21.7 Å². The number of ether oxygens (including phenoxy) is 1. The fourth-order valence-corrected chi connectivity index (χ4v) is 6.27. The molecule has 0 spiro atoms. The van der Waals surface area contributed by atoms with E-state index in [0.717, 1.165) is 5.56 Å². The van der Waals surface area contributed by atoms with E-state index >= 15 is 0 Å². The Balaban J connectivity index is 1.96. The van der Waals surface area contributed by atoms with Crippen molar-refractivity contribution in [1.82, 2.24) is 4.31 Å². The molecule has 1 aliphatic heterocycles. The van der Waals surface area contributed by atoms with Gasteiger partial charge in [0.25, 0.3) is 5.69 Å². The second-order valence-electron chi connectivity index (χ2n) is 8.76. The van der Waals surface area contributed by atoms with Gasteiger partial charge in [0.15, 0.2) is 0 Å². The number of nitro benzene ring substituents is 1. The molecule has 0 saturated carbocycles. The maximum absolute atomic E-state index is 14.3. The van der Waals surface area contributed by atoms with Crippen LogP contribution in [-0.4, -0.2) is 30.2 Å². The molecule has 0 aliphatic carbocycles. The zero-order chi connectivity index (χ0) is 27.4. The average molecular weight is 532 g/mol. The van der Waals surface area contributed by atoms with E-state index in [1.807, 2.05) is 13.0 Å². The molecule has 0 N–H and O–H groups in total. The molecular weight excluding hydrogens is 506 g/mol. The first-order valence-corrected chi connectivity index (χ1v) is 13.3. The van der Waals surface area contributed by atoms with E-state index in [1.54, 1.807) is 49.4 Å². The summed E-state index contributed by atoms with van der Waals surface area (Å²) in [5.74, 6) is -0.645. The summed E-state index contributed by atoms with van der Waals surface area (Å²) >= 11 is 0. The van der Waals surface area contributed by atoms with E-state index in [1.165, 1.54) is 40.7 Å². The molecule has 3 aromatic carbocycles. The molecule has 1 heterocycles. The Kier molecular flexibility index (Phi) is 7.71. The number of carbonyl (C=O) groups is 1. The Hall–Kier alpha value is -4.33. The molecule has 2 atom stereocenters. The van der Waals surface area contributed by atoms with Crippen molar-refractivity contribution in [2.45, 2.75) is 37.2 Å². The summed E-state index contributed by atoms with van der Waals surface area (Å²) in [5.41, 5.74) is 2.31. The smallest absolute Gasteiger partial charge is 0.335 e. The minimum atomic E-state index is -4.21. The van der Waals surface area contributed by atoms with E-state index in [0.29, 0.717) is 16.7 Å². The molecular formula is C28H25N3O6S. The van der Waals surface area contributed by atoms with Crippen LogP contribution in [0.3, 0.4) is 0 Å². The quantitative estimate of drug-likeness (QED) is 0.234. The van der Waals surface area contributed by atoms with Crippen LogP contribution >= 0.6 is 0 Å². The van der Waals surface area contributed by atoms with Gasteiger partial charge in [-0.15, -0.1) is 0 Å². The average Bonchev–Trinajstić information content (AvgIpc) is 2.92. The van der Waals surface area contributed by atoms with E-state index in [9.17, 15) is 28.6 Å². The largest absolute Gasteiger partial charge is 0.463 e. The van der Waals surface area contributed by atoms with Crippen LogP contribution in [0, 0.1) is 28.4 Å². The van der Waals surface area contributed by atoms with Crippen LogP contribution in [0.2, 0.25) is 0 Å². The Morgan fingerprint density at radius 3 is 2.21 bits per heavy atom. The molecule has 0 amide bonds. The van der Waals surface area contributed by atoms with Crippen molar-refractivity contribution in [3.8, 4) is 6.07 Å². The van der Waals surface area contributed by atoms with Crippen LogP contribution in [0.4, 0.5) is 5.69 Å². The highest BCUT2D eigenvalue weighted by Gasteiger charge is 2.45. The number of nitriles is 1. The predicted octanol–water partition coefficient (Wildman–Crippen LogP) is 5.14. The summed E-state index contributed by atoms with van der Waals surface area (Å²) in [5, 5.41) is 20.5. The van der Waals surface area contributed by atoms with Crippen molar-refractivity contribution in [2.24, 2.45) is 0 Å². The third-order valence-electron chi connectivity index (χ3n) is 6.37. The molecule has 10 heteroatoms. The van der Waals surface area contributed by atoms with Crippen LogP contribution < -0.4 is 0 Å². The molecule has 4 rings (SSSR count). The van der Waals surface area contributed by atoms with Gasteiger partial charge in [0.2, 0.25) is 10.0 Å². The second kappa shape index (κ2) is 11.0. The number of hydrogen-bond acceptors (Lipinski definition) is 7. The SMILES string of the molecule is CCOC(=O)C1=CC[C@@H](c2ccc([N+](=O)[O-])cc2)N(S(=O)(=O)c2ccc(C)cc2)[C@H]1c1ccc(C#N)cc1. The van der Waals surface area contributed by atoms with E-state index < -0.39 is 33.0 Å². The number of nitro groups is 1. The van der Waals surface area contributed by atoms with Gasteiger partial charge in [-0.1, -0.05) is 48.0 Å². The van der Waals surface area contributed by atoms with Crippen molar-refractivity contribution in [2.75, 3.05) is 6.61 Å². The van der Waals surface area contributed by atoms with Crippen LogP contribution in [0.15, 0.2) is 89.3 Å². The molecule has 0 radical (unpaired) electrons. The molecule has 0 saturated heterocycles. The van der Waals surface area contributed by atoms with Gasteiger partial charge >= 0.3 is 5.97 Å². The Bertz CT molecular complexity index is 1520. The number of nitrogens with zero attached hydrogens (tertiary/aromatic N) is 3. The first-order valence-electron chi connectivity index (χ1n) is 11.9. The Labute approximate surface area is 220 Å². The first kappa shape index (κ1) is 26.7. The summed E-state index contributed by atoms with van der Waals surface area (Å²) in [6.07, 6.45) is 1.80. The normalized spacial score (nSPS) is 17.8. The lowest BCUT2D eigenvalue weighted by Crippen LogP contribution is -2.42. The standard InChI is InChI=1S/C28H25N3O6S/c1-3-37-28(32)25-16-17-26(21-10-12-23(13-11-21)31(33)34)30(27(25)22-8-6-20(18-29)7-9-22)38(35,36)24-14-4-19(2)5-15-24/h4-16,26-27H,3,17H2,1-2H3/t26-,27-/m0/s1. The highest BCUT2D eigenvalue weighted by atomic mass is 32.2. The van der Waals surface area contributed by atoms with Gasteiger partial charge in [0.05, 0.1) is 45.7 Å². The lowest BCUT2D eigenvalue weighted by molar-refractivity contribution is -0.384. The number of sulfonamides is 1.